The molecule has 0 aromatic heterocycles. The molecule has 1 amide bonds. The number of anilines is 1. The number of amides is 1. The van der Waals surface area contributed by atoms with Gasteiger partial charge in [-0.15, -0.1) is 0 Å². The third-order valence-electron chi connectivity index (χ3n) is 4.34. The van der Waals surface area contributed by atoms with Crippen molar-refractivity contribution in [2.24, 2.45) is 0 Å². The lowest BCUT2D eigenvalue weighted by molar-refractivity contribution is 0.0975. The van der Waals surface area contributed by atoms with Crippen molar-refractivity contribution in [3.8, 4) is 11.5 Å². The van der Waals surface area contributed by atoms with E-state index in [1.165, 1.54) is 0 Å². The minimum Gasteiger partial charge on any atom is -0.497 e. The molecule has 3 aromatic rings. The predicted octanol–water partition coefficient (Wildman–Crippen LogP) is 4.71. The number of thiocarbonyl (C=S) groups is 1. The molecule has 0 fully saturated rings. The van der Waals surface area contributed by atoms with Gasteiger partial charge in [0.05, 0.1) is 7.11 Å². The first kappa shape index (κ1) is 20.4. The number of rotatable bonds is 6. The van der Waals surface area contributed by atoms with E-state index in [0.29, 0.717) is 11.3 Å². The van der Waals surface area contributed by atoms with Crippen molar-refractivity contribution >= 4 is 28.9 Å². The zero-order valence-corrected chi connectivity index (χ0v) is 17.1. The molecule has 5 nitrogen and oxygen atoms in total. The van der Waals surface area contributed by atoms with E-state index in [9.17, 15) is 4.79 Å². The van der Waals surface area contributed by atoms with Gasteiger partial charge in [-0.25, -0.2) is 0 Å². The quantitative estimate of drug-likeness (QED) is 0.581. The highest BCUT2D eigenvalue weighted by Gasteiger charge is 2.13. The van der Waals surface area contributed by atoms with Crippen LogP contribution in [-0.2, 0) is 6.61 Å². The highest BCUT2D eigenvalue weighted by molar-refractivity contribution is 7.80. The zero-order chi connectivity index (χ0) is 20.6. The fourth-order valence-corrected chi connectivity index (χ4v) is 2.94. The minimum absolute atomic E-state index is 0.246. The maximum absolute atomic E-state index is 12.7. The average molecular weight is 407 g/mol. The molecule has 6 heteroatoms. The molecule has 148 valence electrons. The van der Waals surface area contributed by atoms with Crippen molar-refractivity contribution in [1.29, 1.82) is 0 Å². The number of carbonyl (C=O) groups excluding carboxylic acids is 1. The van der Waals surface area contributed by atoms with Gasteiger partial charge in [-0.2, -0.15) is 0 Å². The van der Waals surface area contributed by atoms with Gasteiger partial charge in [0.2, 0.25) is 0 Å². The molecule has 0 aliphatic rings. The summed E-state index contributed by atoms with van der Waals surface area (Å²) >= 11 is 5.29. The summed E-state index contributed by atoms with van der Waals surface area (Å²) in [6, 6.07) is 22.3. The van der Waals surface area contributed by atoms with E-state index >= 15 is 0 Å². The molecule has 0 saturated carbocycles. The third kappa shape index (κ3) is 5.56. The average Bonchev–Trinajstić information content (AvgIpc) is 2.74. The Morgan fingerprint density at radius 3 is 2.31 bits per heavy atom. The number of hydrogen-bond acceptors (Lipinski definition) is 4. The first-order valence-electron chi connectivity index (χ1n) is 9.09. The zero-order valence-electron chi connectivity index (χ0n) is 16.3. The van der Waals surface area contributed by atoms with Gasteiger partial charge in [0, 0.05) is 16.8 Å². The second kappa shape index (κ2) is 9.71. The number of aryl methyl sites for hydroxylation is 1. The Morgan fingerprint density at radius 1 is 0.931 bits per heavy atom. The van der Waals surface area contributed by atoms with Crippen molar-refractivity contribution in [2.75, 3.05) is 12.4 Å². The van der Waals surface area contributed by atoms with Crippen molar-refractivity contribution in [1.82, 2.24) is 5.32 Å². The van der Waals surface area contributed by atoms with E-state index in [-0.39, 0.29) is 17.6 Å². The molecule has 3 rings (SSSR count). The Morgan fingerprint density at radius 2 is 1.59 bits per heavy atom. The molecule has 0 bridgehead atoms. The molecular formula is C23H22N2O3S. The molecule has 29 heavy (non-hydrogen) atoms. The van der Waals surface area contributed by atoms with E-state index in [2.05, 4.69) is 10.6 Å². The molecule has 0 aliphatic carbocycles. The second-order valence-corrected chi connectivity index (χ2v) is 6.75. The highest BCUT2D eigenvalue weighted by atomic mass is 32.1. The highest BCUT2D eigenvalue weighted by Crippen LogP contribution is 2.19. The summed E-state index contributed by atoms with van der Waals surface area (Å²) < 4.78 is 11.0. The summed E-state index contributed by atoms with van der Waals surface area (Å²) in [6.07, 6.45) is 0. The number of ether oxygens (including phenoxy) is 2. The fourth-order valence-electron chi connectivity index (χ4n) is 2.74. The largest absolute Gasteiger partial charge is 0.497 e. The normalized spacial score (nSPS) is 10.1. The summed E-state index contributed by atoms with van der Waals surface area (Å²) in [7, 11) is 1.61. The van der Waals surface area contributed by atoms with Crippen LogP contribution in [0.5, 0.6) is 11.5 Å². The summed E-state index contributed by atoms with van der Waals surface area (Å²) in [5.41, 5.74) is 3.17. The Bertz CT molecular complexity index is 1000. The number of carbonyl (C=O) groups is 1. The van der Waals surface area contributed by atoms with Crippen LogP contribution in [0.15, 0.2) is 72.8 Å². The van der Waals surface area contributed by atoms with Gasteiger partial charge >= 0.3 is 0 Å². The predicted molar refractivity (Wildman–Crippen MR) is 119 cm³/mol. The Hall–Kier alpha value is -3.38. The van der Waals surface area contributed by atoms with Crippen LogP contribution in [0.25, 0.3) is 0 Å². The van der Waals surface area contributed by atoms with Crippen LogP contribution in [0.3, 0.4) is 0 Å². The molecule has 0 atom stereocenters. The van der Waals surface area contributed by atoms with Gasteiger partial charge in [0.15, 0.2) is 5.11 Å². The lowest BCUT2D eigenvalue weighted by Gasteiger charge is -2.14. The second-order valence-electron chi connectivity index (χ2n) is 6.34. The Kier molecular flexibility index (Phi) is 6.81. The van der Waals surface area contributed by atoms with Crippen molar-refractivity contribution in [2.45, 2.75) is 13.5 Å². The number of nitrogens with one attached hydrogen (secondary N) is 2. The van der Waals surface area contributed by atoms with E-state index < -0.39 is 0 Å². The fraction of sp³-hybridized carbons (Fsp3) is 0.130. The molecule has 2 N–H and O–H groups in total. The number of methoxy groups -OCH3 is 1. The topological polar surface area (TPSA) is 59.6 Å². The number of benzene rings is 3. The van der Waals surface area contributed by atoms with Gasteiger partial charge < -0.3 is 14.8 Å². The van der Waals surface area contributed by atoms with Gasteiger partial charge in [-0.1, -0.05) is 36.4 Å². The molecule has 0 radical (unpaired) electrons. The van der Waals surface area contributed by atoms with Gasteiger partial charge in [-0.3, -0.25) is 10.1 Å². The van der Waals surface area contributed by atoms with Crippen LogP contribution in [0.1, 0.15) is 21.5 Å². The van der Waals surface area contributed by atoms with Crippen LogP contribution in [0.4, 0.5) is 5.69 Å². The van der Waals surface area contributed by atoms with E-state index in [4.69, 9.17) is 21.7 Å². The Balaban J connectivity index is 1.64. The standard InChI is InChI=1S/C23H22N2O3S/c1-16-7-3-6-10-21(16)24-23(29)25-22(26)20-9-5-4-8-17(20)15-28-19-13-11-18(27-2)12-14-19/h3-14H,15H2,1-2H3,(H2,24,25,26,29). The molecule has 3 aromatic carbocycles. The molecule has 0 heterocycles. The van der Waals surface area contributed by atoms with Gasteiger partial charge in [0.25, 0.3) is 5.91 Å². The lowest BCUT2D eigenvalue weighted by Crippen LogP contribution is -2.34. The molecular weight excluding hydrogens is 384 g/mol. The number of hydrogen-bond donors (Lipinski definition) is 2. The van der Waals surface area contributed by atoms with Crippen LogP contribution < -0.4 is 20.1 Å². The van der Waals surface area contributed by atoms with Crippen LogP contribution in [0.2, 0.25) is 0 Å². The van der Waals surface area contributed by atoms with E-state index in [1.807, 2.05) is 73.7 Å². The van der Waals surface area contributed by atoms with Gasteiger partial charge in [0.1, 0.15) is 18.1 Å². The SMILES string of the molecule is COc1ccc(OCc2ccccc2C(=O)NC(=S)Nc2ccccc2C)cc1. The maximum atomic E-state index is 12.7. The first-order chi connectivity index (χ1) is 14.1. The smallest absolute Gasteiger partial charge is 0.257 e. The summed E-state index contributed by atoms with van der Waals surface area (Å²) in [5, 5.41) is 6.04. The lowest BCUT2D eigenvalue weighted by atomic mass is 10.1. The number of para-hydroxylation sites is 1. The van der Waals surface area contributed by atoms with Crippen LogP contribution in [-0.4, -0.2) is 18.1 Å². The van der Waals surface area contributed by atoms with Crippen molar-refractivity contribution in [3.05, 3.63) is 89.5 Å². The van der Waals surface area contributed by atoms with Crippen molar-refractivity contribution in [3.63, 3.8) is 0 Å². The summed E-state index contributed by atoms with van der Waals surface area (Å²) in [6.45, 7) is 2.23. The van der Waals surface area contributed by atoms with Crippen molar-refractivity contribution < 1.29 is 14.3 Å². The first-order valence-corrected chi connectivity index (χ1v) is 9.50. The summed E-state index contributed by atoms with van der Waals surface area (Å²) in [5.74, 6) is 1.16. The molecule has 0 saturated heterocycles. The monoisotopic (exact) mass is 406 g/mol. The minimum atomic E-state index is -0.287. The van der Waals surface area contributed by atoms with E-state index in [0.717, 1.165) is 22.6 Å². The van der Waals surface area contributed by atoms with Gasteiger partial charge in [-0.05, 0) is 61.1 Å². The molecule has 0 spiro atoms. The van der Waals surface area contributed by atoms with Crippen LogP contribution in [0, 0.1) is 6.92 Å². The summed E-state index contributed by atoms with van der Waals surface area (Å²) in [4.78, 5) is 12.7. The maximum Gasteiger partial charge on any atom is 0.257 e. The van der Waals surface area contributed by atoms with E-state index in [1.54, 1.807) is 13.2 Å². The molecule has 0 aliphatic heterocycles. The molecule has 0 unspecified atom stereocenters. The third-order valence-corrected chi connectivity index (χ3v) is 4.54. The Labute approximate surface area is 175 Å². The van der Waals surface area contributed by atoms with Crippen LogP contribution >= 0.6 is 12.2 Å².